The van der Waals surface area contributed by atoms with Crippen LogP contribution in [0.2, 0.25) is 0 Å². The van der Waals surface area contributed by atoms with Crippen LogP contribution < -0.4 is 5.32 Å². The van der Waals surface area contributed by atoms with Crippen LogP contribution in [0, 0.1) is 0 Å². The molecule has 0 saturated carbocycles. The predicted octanol–water partition coefficient (Wildman–Crippen LogP) is 3.27. The van der Waals surface area contributed by atoms with Gasteiger partial charge in [0.25, 0.3) is 11.8 Å². The molecular formula is C21H20F3N5O2. The van der Waals surface area contributed by atoms with Crippen LogP contribution >= 0.6 is 0 Å². The molecule has 162 valence electrons. The van der Waals surface area contributed by atoms with Crippen LogP contribution in [0.25, 0.3) is 10.8 Å². The smallest absolute Gasteiger partial charge is 0.342 e. The number of amides is 2. The molecule has 2 N–H and O–H groups in total. The van der Waals surface area contributed by atoms with Crippen LogP contribution in [0.3, 0.4) is 0 Å². The number of H-pyrrole nitrogens is 1. The van der Waals surface area contributed by atoms with Crippen molar-refractivity contribution in [1.29, 1.82) is 0 Å². The topological polar surface area (TPSA) is 91.0 Å². The third-order valence-corrected chi connectivity index (χ3v) is 5.38. The molecule has 1 aromatic carbocycles. The summed E-state index contributed by atoms with van der Waals surface area (Å²) in [5.41, 5.74) is 1.01. The number of alkyl halides is 3. The number of benzene rings is 1. The first-order valence-corrected chi connectivity index (χ1v) is 9.85. The highest BCUT2D eigenvalue weighted by Crippen LogP contribution is 2.28. The standard InChI is InChI=1S/C21H20F3N5O2/c22-21(23,24)12-26-19(30)17-11-16(27-28-17)14-6-9-29(10-7-14)20(31)18-15-4-2-1-3-13(15)5-8-25-18/h1-5,8,11,14H,6-7,9-10,12H2,(H,26,30)(H,27,28). The number of rotatable bonds is 4. The van der Waals surface area contributed by atoms with Gasteiger partial charge in [-0.3, -0.25) is 19.7 Å². The highest BCUT2D eigenvalue weighted by atomic mass is 19.4. The molecule has 0 bridgehead atoms. The molecule has 0 spiro atoms. The molecule has 0 aliphatic carbocycles. The van der Waals surface area contributed by atoms with Crippen molar-refractivity contribution in [2.24, 2.45) is 0 Å². The van der Waals surface area contributed by atoms with Gasteiger partial charge in [-0.05, 0) is 30.4 Å². The summed E-state index contributed by atoms with van der Waals surface area (Å²) in [6, 6.07) is 10.9. The number of hydrogen-bond donors (Lipinski definition) is 2. The average molecular weight is 431 g/mol. The zero-order chi connectivity index (χ0) is 22.0. The van der Waals surface area contributed by atoms with Crippen molar-refractivity contribution in [2.75, 3.05) is 19.6 Å². The number of aromatic amines is 1. The van der Waals surface area contributed by atoms with E-state index >= 15 is 0 Å². The molecule has 1 fully saturated rings. The fourth-order valence-corrected chi connectivity index (χ4v) is 3.77. The van der Waals surface area contributed by atoms with Crippen LogP contribution in [-0.2, 0) is 0 Å². The number of halogens is 3. The van der Waals surface area contributed by atoms with Crippen LogP contribution in [0.5, 0.6) is 0 Å². The monoisotopic (exact) mass is 431 g/mol. The van der Waals surface area contributed by atoms with Crippen LogP contribution in [-0.4, -0.2) is 57.7 Å². The molecule has 2 aromatic heterocycles. The molecule has 3 heterocycles. The Morgan fingerprint density at radius 3 is 2.65 bits per heavy atom. The number of pyridine rings is 1. The number of nitrogens with one attached hydrogen (secondary N) is 2. The molecule has 1 saturated heterocycles. The normalized spacial score (nSPS) is 15.3. The molecule has 10 heteroatoms. The molecule has 0 atom stereocenters. The lowest BCUT2D eigenvalue weighted by atomic mass is 9.93. The summed E-state index contributed by atoms with van der Waals surface area (Å²) in [4.78, 5) is 30.9. The number of carbonyl (C=O) groups excluding carboxylic acids is 2. The van der Waals surface area contributed by atoms with E-state index in [1.807, 2.05) is 30.3 Å². The van der Waals surface area contributed by atoms with Crippen LogP contribution in [0.4, 0.5) is 13.2 Å². The molecule has 2 amide bonds. The maximum atomic E-state index is 13.0. The first-order valence-electron chi connectivity index (χ1n) is 9.85. The van der Waals surface area contributed by atoms with Gasteiger partial charge in [0.05, 0.1) is 0 Å². The van der Waals surface area contributed by atoms with Gasteiger partial charge in [0, 0.05) is 36.3 Å². The first kappa shape index (κ1) is 20.8. The summed E-state index contributed by atoms with van der Waals surface area (Å²) in [5.74, 6) is -0.984. The van der Waals surface area contributed by atoms with Crippen molar-refractivity contribution in [3.05, 3.63) is 59.7 Å². The predicted molar refractivity (Wildman–Crippen MR) is 107 cm³/mol. The Balaban J connectivity index is 1.38. The van der Waals surface area contributed by atoms with Crippen molar-refractivity contribution in [3.8, 4) is 0 Å². The zero-order valence-electron chi connectivity index (χ0n) is 16.4. The third-order valence-electron chi connectivity index (χ3n) is 5.38. The quantitative estimate of drug-likeness (QED) is 0.663. The number of aromatic nitrogens is 3. The Hall–Kier alpha value is -3.43. The lowest BCUT2D eigenvalue weighted by Crippen LogP contribution is -2.38. The Morgan fingerprint density at radius 1 is 1.16 bits per heavy atom. The maximum Gasteiger partial charge on any atom is 0.405 e. The number of nitrogens with zero attached hydrogens (tertiary/aromatic N) is 3. The van der Waals surface area contributed by atoms with E-state index < -0.39 is 18.6 Å². The van der Waals surface area contributed by atoms with Gasteiger partial charge in [0.2, 0.25) is 0 Å². The van der Waals surface area contributed by atoms with Gasteiger partial charge in [0.15, 0.2) is 0 Å². The SMILES string of the molecule is O=C(NCC(F)(F)F)c1cc(C2CCN(C(=O)c3nccc4ccccc34)CC2)[nH]n1. The summed E-state index contributed by atoms with van der Waals surface area (Å²) >= 11 is 0. The number of likely N-dealkylation sites (tertiary alicyclic amines) is 1. The molecular weight excluding hydrogens is 411 g/mol. The molecule has 7 nitrogen and oxygen atoms in total. The zero-order valence-corrected chi connectivity index (χ0v) is 16.4. The Kier molecular flexibility index (Phi) is 5.62. The van der Waals surface area contributed by atoms with E-state index in [1.54, 1.807) is 16.4 Å². The average Bonchev–Trinajstić information content (AvgIpc) is 3.26. The van der Waals surface area contributed by atoms with E-state index in [2.05, 4.69) is 15.2 Å². The van der Waals surface area contributed by atoms with Crippen LogP contribution in [0.15, 0.2) is 42.6 Å². The third kappa shape index (κ3) is 4.68. The van der Waals surface area contributed by atoms with E-state index in [-0.39, 0.29) is 17.5 Å². The van der Waals surface area contributed by atoms with Crippen molar-refractivity contribution in [3.63, 3.8) is 0 Å². The number of carbonyl (C=O) groups is 2. The second-order valence-electron chi connectivity index (χ2n) is 7.45. The van der Waals surface area contributed by atoms with Gasteiger partial charge in [-0.1, -0.05) is 24.3 Å². The number of piperidine rings is 1. The van der Waals surface area contributed by atoms with Gasteiger partial charge < -0.3 is 10.2 Å². The Bertz CT molecular complexity index is 1100. The summed E-state index contributed by atoms with van der Waals surface area (Å²) in [7, 11) is 0. The summed E-state index contributed by atoms with van der Waals surface area (Å²) in [5, 5.41) is 10.1. The highest BCUT2D eigenvalue weighted by Gasteiger charge is 2.30. The second-order valence-corrected chi connectivity index (χ2v) is 7.45. The Morgan fingerprint density at radius 2 is 1.90 bits per heavy atom. The molecule has 3 aromatic rings. The summed E-state index contributed by atoms with van der Waals surface area (Å²) < 4.78 is 36.8. The fourth-order valence-electron chi connectivity index (χ4n) is 3.77. The highest BCUT2D eigenvalue weighted by molar-refractivity contribution is 6.05. The molecule has 0 unspecified atom stereocenters. The summed E-state index contributed by atoms with van der Waals surface area (Å²) in [6.45, 7) is -0.400. The van der Waals surface area contributed by atoms with E-state index in [9.17, 15) is 22.8 Å². The largest absolute Gasteiger partial charge is 0.405 e. The molecule has 31 heavy (non-hydrogen) atoms. The molecule has 4 rings (SSSR count). The first-order chi connectivity index (χ1) is 14.8. The van der Waals surface area contributed by atoms with Gasteiger partial charge in [0.1, 0.15) is 17.9 Å². The van der Waals surface area contributed by atoms with E-state index in [1.165, 1.54) is 6.07 Å². The molecule has 1 aliphatic heterocycles. The van der Waals surface area contributed by atoms with Crippen LogP contribution in [0.1, 0.15) is 45.4 Å². The maximum absolute atomic E-state index is 13.0. The van der Waals surface area contributed by atoms with Crippen molar-refractivity contribution in [1.82, 2.24) is 25.4 Å². The van der Waals surface area contributed by atoms with Gasteiger partial charge in [-0.25, -0.2) is 0 Å². The minimum atomic E-state index is -4.48. The van der Waals surface area contributed by atoms with E-state index in [0.717, 1.165) is 10.8 Å². The van der Waals surface area contributed by atoms with Crippen molar-refractivity contribution in [2.45, 2.75) is 24.9 Å². The fraction of sp³-hybridized carbons (Fsp3) is 0.333. The van der Waals surface area contributed by atoms with Crippen molar-refractivity contribution < 1.29 is 22.8 Å². The lowest BCUT2D eigenvalue weighted by molar-refractivity contribution is -0.123. The number of fused-ring (bicyclic) bond motifs is 1. The molecule has 1 aliphatic rings. The van der Waals surface area contributed by atoms with E-state index in [4.69, 9.17) is 0 Å². The number of hydrogen-bond acceptors (Lipinski definition) is 4. The minimum Gasteiger partial charge on any atom is -0.342 e. The summed E-state index contributed by atoms with van der Waals surface area (Å²) in [6.07, 6.45) is -1.57. The van der Waals surface area contributed by atoms with Gasteiger partial charge >= 0.3 is 6.18 Å². The van der Waals surface area contributed by atoms with Crippen molar-refractivity contribution >= 4 is 22.6 Å². The van der Waals surface area contributed by atoms with Gasteiger partial charge in [-0.15, -0.1) is 0 Å². The Labute approximate surface area is 175 Å². The van der Waals surface area contributed by atoms with E-state index in [0.29, 0.717) is 37.3 Å². The van der Waals surface area contributed by atoms with Gasteiger partial charge in [-0.2, -0.15) is 18.3 Å². The minimum absolute atomic E-state index is 0.0289. The second kappa shape index (κ2) is 8.37. The molecule has 0 radical (unpaired) electrons. The lowest BCUT2D eigenvalue weighted by Gasteiger charge is -2.31.